The Hall–Kier alpha value is -2.64. The lowest BCUT2D eigenvalue weighted by molar-refractivity contribution is 0.103. The standard InChI is InChI=1S/C18H16N2O3S2/c1-20(25(22,23)15-10-6-3-7-11-15)16-12-13-24-17(16)18(21)19-14-8-4-2-5-9-14/h2-13H,1H3,(H,19,21). The van der Waals surface area contributed by atoms with Crippen LogP contribution in [0.15, 0.2) is 77.0 Å². The second-order valence-electron chi connectivity index (χ2n) is 5.24. The van der Waals surface area contributed by atoms with Crippen LogP contribution in [0.2, 0.25) is 0 Å². The van der Waals surface area contributed by atoms with E-state index in [1.807, 2.05) is 18.2 Å². The van der Waals surface area contributed by atoms with Crippen LogP contribution < -0.4 is 9.62 Å². The summed E-state index contributed by atoms with van der Waals surface area (Å²) in [5.74, 6) is -0.341. The van der Waals surface area contributed by atoms with Crippen molar-refractivity contribution in [2.75, 3.05) is 16.7 Å². The summed E-state index contributed by atoms with van der Waals surface area (Å²) >= 11 is 1.20. The minimum Gasteiger partial charge on any atom is -0.321 e. The van der Waals surface area contributed by atoms with E-state index < -0.39 is 10.0 Å². The van der Waals surface area contributed by atoms with Crippen molar-refractivity contribution in [3.8, 4) is 0 Å². The van der Waals surface area contributed by atoms with Gasteiger partial charge in [0.25, 0.3) is 15.9 Å². The van der Waals surface area contributed by atoms with Crippen LogP contribution in [0.25, 0.3) is 0 Å². The molecule has 3 aromatic rings. The van der Waals surface area contributed by atoms with E-state index in [9.17, 15) is 13.2 Å². The van der Waals surface area contributed by atoms with Crippen LogP contribution in [0.5, 0.6) is 0 Å². The van der Waals surface area contributed by atoms with Gasteiger partial charge in [-0.05, 0) is 35.7 Å². The normalized spacial score (nSPS) is 11.1. The number of hydrogen-bond donors (Lipinski definition) is 1. The van der Waals surface area contributed by atoms with E-state index >= 15 is 0 Å². The van der Waals surface area contributed by atoms with E-state index in [2.05, 4.69) is 5.32 Å². The second kappa shape index (κ2) is 7.08. The third-order valence-corrected chi connectivity index (χ3v) is 6.31. The van der Waals surface area contributed by atoms with E-state index in [4.69, 9.17) is 0 Å². The number of hydrogen-bond acceptors (Lipinski definition) is 4. The van der Waals surface area contributed by atoms with Gasteiger partial charge in [-0.25, -0.2) is 8.42 Å². The van der Waals surface area contributed by atoms with E-state index in [0.717, 1.165) is 4.31 Å². The summed E-state index contributed by atoms with van der Waals surface area (Å²) in [6.07, 6.45) is 0. The topological polar surface area (TPSA) is 66.5 Å². The van der Waals surface area contributed by atoms with Gasteiger partial charge in [0.05, 0.1) is 10.6 Å². The fourth-order valence-electron chi connectivity index (χ4n) is 2.31. The van der Waals surface area contributed by atoms with Crippen LogP contribution in [0.1, 0.15) is 9.67 Å². The zero-order valence-corrected chi connectivity index (χ0v) is 15.0. The van der Waals surface area contributed by atoms with Gasteiger partial charge in [0.15, 0.2) is 0 Å². The fraction of sp³-hybridized carbons (Fsp3) is 0.0556. The molecule has 1 amide bonds. The number of amides is 1. The zero-order chi connectivity index (χ0) is 17.9. The Bertz CT molecular complexity index is 968. The lowest BCUT2D eigenvalue weighted by atomic mass is 10.3. The third-order valence-electron chi connectivity index (χ3n) is 3.62. The lowest BCUT2D eigenvalue weighted by Gasteiger charge is -2.19. The first-order valence-electron chi connectivity index (χ1n) is 7.48. The molecule has 0 radical (unpaired) electrons. The highest BCUT2D eigenvalue weighted by Crippen LogP contribution is 2.30. The minimum absolute atomic E-state index is 0.179. The molecule has 7 heteroatoms. The van der Waals surface area contributed by atoms with Crippen LogP contribution in [0, 0.1) is 0 Å². The molecule has 5 nitrogen and oxygen atoms in total. The number of carbonyl (C=O) groups is 1. The number of nitrogens with zero attached hydrogens (tertiary/aromatic N) is 1. The predicted octanol–water partition coefficient (Wildman–Crippen LogP) is 3.83. The van der Waals surface area contributed by atoms with Crippen molar-refractivity contribution in [1.29, 1.82) is 0 Å². The summed E-state index contributed by atoms with van der Waals surface area (Å²) in [5.41, 5.74) is 1.00. The van der Waals surface area contributed by atoms with Crippen LogP contribution in [-0.4, -0.2) is 21.4 Å². The number of rotatable bonds is 5. The number of nitrogens with one attached hydrogen (secondary N) is 1. The van der Waals surface area contributed by atoms with E-state index in [0.29, 0.717) is 16.3 Å². The molecular weight excluding hydrogens is 356 g/mol. The van der Waals surface area contributed by atoms with Crippen molar-refractivity contribution < 1.29 is 13.2 Å². The van der Waals surface area contributed by atoms with Gasteiger partial charge >= 0.3 is 0 Å². The molecular formula is C18H16N2O3S2. The molecule has 0 aliphatic rings. The van der Waals surface area contributed by atoms with E-state index in [1.54, 1.807) is 41.8 Å². The summed E-state index contributed by atoms with van der Waals surface area (Å²) in [4.78, 5) is 13.1. The van der Waals surface area contributed by atoms with Gasteiger partial charge in [-0.15, -0.1) is 11.3 Å². The highest BCUT2D eigenvalue weighted by molar-refractivity contribution is 7.92. The third kappa shape index (κ3) is 3.57. The summed E-state index contributed by atoms with van der Waals surface area (Å²) in [6, 6.07) is 18.8. The second-order valence-corrected chi connectivity index (χ2v) is 8.13. The molecule has 3 rings (SSSR count). The molecule has 0 spiro atoms. The predicted molar refractivity (Wildman–Crippen MR) is 101 cm³/mol. The Morgan fingerprint density at radius 1 is 0.960 bits per heavy atom. The maximum atomic E-state index is 12.8. The summed E-state index contributed by atoms with van der Waals surface area (Å²) in [5, 5.41) is 4.48. The molecule has 0 aliphatic heterocycles. The average molecular weight is 372 g/mol. The van der Waals surface area contributed by atoms with Crippen molar-refractivity contribution in [3.63, 3.8) is 0 Å². The van der Waals surface area contributed by atoms with Gasteiger partial charge in [-0.3, -0.25) is 9.10 Å². The average Bonchev–Trinajstić information content (AvgIpc) is 3.12. The van der Waals surface area contributed by atoms with Crippen LogP contribution in [0.3, 0.4) is 0 Å². The number of carbonyl (C=O) groups excluding carboxylic acids is 1. The van der Waals surface area contributed by atoms with E-state index in [-0.39, 0.29) is 10.8 Å². The zero-order valence-electron chi connectivity index (χ0n) is 13.4. The Labute approximate surface area is 150 Å². The first-order valence-corrected chi connectivity index (χ1v) is 9.80. The number of para-hydroxylation sites is 1. The number of thiophene rings is 1. The SMILES string of the molecule is CN(c1ccsc1C(=O)Nc1ccccc1)S(=O)(=O)c1ccccc1. The van der Waals surface area contributed by atoms with Crippen molar-refractivity contribution >= 4 is 38.6 Å². The number of anilines is 2. The molecule has 0 fully saturated rings. The van der Waals surface area contributed by atoms with Crippen molar-refractivity contribution in [3.05, 3.63) is 77.0 Å². The molecule has 1 heterocycles. The highest BCUT2D eigenvalue weighted by Gasteiger charge is 2.26. The summed E-state index contributed by atoms with van der Waals surface area (Å²) in [7, 11) is -2.28. The number of sulfonamides is 1. The van der Waals surface area contributed by atoms with Crippen molar-refractivity contribution in [2.45, 2.75) is 4.90 Å². The minimum atomic E-state index is -3.73. The Morgan fingerprint density at radius 3 is 2.20 bits per heavy atom. The van der Waals surface area contributed by atoms with Gasteiger partial charge < -0.3 is 5.32 Å². The van der Waals surface area contributed by atoms with Gasteiger partial charge in [0, 0.05) is 12.7 Å². The molecule has 128 valence electrons. The van der Waals surface area contributed by atoms with Crippen LogP contribution >= 0.6 is 11.3 Å². The maximum absolute atomic E-state index is 12.8. The smallest absolute Gasteiger partial charge is 0.267 e. The molecule has 0 saturated carbocycles. The van der Waals surface area contributed by atoms with Crippen LogP contribution in [-0.2, 0) is 10.0 Å². The molecule has 0 aliphatic carbocycles. The quantitative estimate of drug-likeness (QED) is 0.740. The Morgan fingerprint density at radius 2 is 1.56 bits per heavy atom. The summed E-state index contributed by atoms with van der Waals surface area (Å²) in [6.45, 7) is 0. The molecule has 1 aromatic heterocycles. The van der Waals surface area contributed by atoms with Gasteiger partial charge in [-0.1, -0.05) is 36.4 Å². The largest absolute Gasteiger partial charge is 0.321 e. The first-order chi connectivity index (χ1) is 12.0. The number of benzene rings is 2. The lowest BCUT2D eigenvalue weighted by Crippen LogP contribution is -2.28. The monoisotopic (exact) mass is 372 g/mol. The first kappa shape index (κ1) is 17.2. The highest BCUT2D eigenvalue weighted by atomic mass is 32.2. The maximum Gasteiger partial charge on any atom is 0.267 e. The molecule has 25 heavy (non-hydrogen) atoms. The molecule has 0 saturated heterocycles. The van der Waals surface area contributed by atoms with Gasteiger partial charge in [0.1, 0.15) is 4.88 Å². The molecule has 0 bridgehead atoms. The van der Waals surface area contributed by atoms with Crippen molar-refractivity contribution in [1.82, 2.24) is 0 Å². The van der Waals surface area contributed by atoms with Crippen LogP contribution in [0.4, 0.5) is 11.4 Å². The Balaban J connectivity index is 1.90. The Kier molecular flexibility index (Phi) is 4.87. The molecule has 2 aromatic carbocycles. The fourth-order valence-corrected chi connectivity index (χ4v) is 4.41. The van der Waals surface area contributed by atoms with Gasteiger partial charge in [-0.2, -0.15) is 0 Å². The summed E-state index contributed by atoms with van der Waals surface area (Å²) < 4.78 is 26.7. The molecule has 1 N–H and O–H groups in total. The van der Waals surface area contributed by atoms with Gasteiger partial charge in [0.2, 0.25) is 0 Å². The van der Waals surface area contributed by atoms with E-state index in [1.165, 1.54) is 30.5 Å². The molecule has 0 unspecified atom stereocenters. The molecule has 0 atom stereocenters. The van der Waals surface area contributed by atoms with Crippen molar-refractivity contribution in [2.24, 2.45) is 0 Å².